The fourth-order valence-corrected chi connectivity index (χ4v) is 2.15. The zero-order chi connectivity index (χ0) is 13.1. The lowest BCUT2D eigenvalue weighted by Gasteiger charge is -2.04. The van der Waals surface area contributed by atoms with E-state index in [4.69, 9.17) is 10.3 Å². The highest BCUT2D eigenvalue weighted by atomic mass is 79.9. The van der Waals surface area contributed by atoms with Gasteiger partial charge in [0.1, 0.15) is 5.82 Å². The Bertz CT molecular complexity index is 540. The molecule has 0 aliphatic carbocycles. The van der Waals surface area contributed by atoms with Gasteiger partial charge >= 0.3 is 0 Å². The average Bonchev–Trinajstić information content (AvgIpc) is 2.80. The van der Waals surface area contributed by atoms with Crippen molar-refractivity contribution < 1.29 is 8.91 Å². The summed E-state index contributed by atoms with van der Waals surface area (Å²) in [6, 6.07) is 4.33. The van der Waals surface area contributed by atoms with Crippen molar-refractivity contribution in [1.29, 1.82) is 0 Å². The molecule has 4 nitrogen and oxygen atoms in total. The molecule has 1 heterocycles. The first-order chi connectivity index (χ1) is 8.65. The number of halogens is 2. The van der Waals surface area contributed by atoms with E-state index in [1.165, 1.54) is 12.1 Å². The molecule has 0 fully saturated rings. The van der Waals surface area contributed by atoms with Crippen LogP contribution >= 0.6 is 15.9 Å². The van der Waals surface area contributed by atoms with Crippen LogP contribution in [0.1, 0.15) is 25.2 Å². The number of aromatic nitrogens is 2. The first-order valence-electron chi connectivity index (χ1n) is 5.64. The summed E-state index contributed by atoms with van der Waals surface area (Å²) in [5.74, 6) is 0.697. The fraction of sp³-hybridized carbons (Fsp3) is 0.333. The van der Waals surface area contributed by atoms with Crippen LogP contribution in [0.2, 0.25) is 0 Å². The van der Waals surface area contributed by atoms with Crippen molar-refractivity contribution in [3.05, 3.63) is 34.4 Å². The van der Waals surface area contributed by atoms with Crippen molar-refractivity contribution in [3.63, 3.8) is 0 Å². The highest BCUT2D eigenvalue weighted by molar-refractivity contribution is 9.10. The lowest BCUT2D eigenvalue weighted by atomic mass is 10.1. The summed E-state index contributed by atoms with van der Waals surface area (Å²) in [5, 5.41) is 3.90. The predicted molar refractivity (Wildman–Crippen MR) is 69.5 cm³/mol. The maximum absolute atomic E-state index is 13.0. The second-order valence-corrected chi connectivity index (χ2v) is 4.78. The van der Waals surface area contributed by atoms with E-state index in [0.29, 0.717) is 28.3 Å². The van der Waals surface area contributed by atoms with E-state index in [2.05, 4.69) is 26.1 Å². The molecule has 1 atom stereocenters. The Hall–Kier alpha value is -1.27. The Morgan fingerprint density at radius 1 is 1.50 bits per heavy atom. The monoisotopic (exact) mass is 313 g/mol. The molecule has 1 unspecified atom stereocenters. The van der Waals surface area contributed by atoms with Gasteiger partial charge in [-0.1, -0.05) is 12.1 Å². The lowest BCUT2D eigenvalue weighted by Crippen LogP contribution is -2.11. The standard InChI is InChI=1S/C12H13BrFN3O/c1-2-7(6-15)12-16-11(17-18-12)9-4-3-8(14)5-10(9)13/h3-5,7H,2,6,15H2,1H3. The van der Waals surface area contributed by atoms with E-state index < -0.39 is 0 Å². The molecule has 1 aromatic carbocycles. The maximum Gasteiger partial charge on any atom is 0.231 e. The summed E-state index contributed by atoms with van der Waals surface area (Å²) >= 11 is 3.28. The quantitative estimate of drug-likeness (QED) is 0.942. The van der Waals surface area contributed by atoms with Crippen LogP contribution in [0.5, 0.6) is 0 Å². The molecule has 2 N–H and O–H groups in total. The molecule has 2 aromatic rings. The van der Waals surface area contributed by atoms with E-state index in [0.717, 1.165) is 6.42 Å². The molecule has 2 rings (SSSR count). The average molecular weight is 314 g/mol. The molecule has 1 aromatic heterocycles. The number of nitrogens with zero attached hydrogens (tertiary/aromatic N) is 2. The van der Waals surface area contributed by atoms with E-state index >= 15 is 0 Å². The van der Waals surface area contributed by atoms with Crippen molar-refractivity contribution in [1.82, 2.24) is 10.1 Å². The first-order valence-corrected chi connectivity index (χ1v) is 6.44. The highest BCUT2D eigenvalue weighted by Gasteiger charge is 2.17. The molecule has 0 saturated carbocycles. The van der Waals surface area contributed by atoms with E-state index in [1.54, 1.807) is 6.07 Å². The van der Waals surface area contributed by atoms with Gasteiger partial charge in [-0.3, -0.25) is 0 Å². The van der Waals surface area contributed by atoms with Crippen LogP contribution in [0.25, 0.3) is 11.4 Å². The third kappa shape index (κ3) is 2.59. The summed E-state index contributed by atoms with van der Waals surface area (Å²) in [5.41, 5.74) is 6.32. The Morgan fingerprint density at radius 3 is 2.89 bits per heavy atom. The van der Waals surface area contributed by atoms with Gasteiger partial charge in [-0.05, 0) is 40.5 Å². The van der Waals surface area contributed by atoms with E-state index in [9.17, 15) is 4.39 Å². The molecule has 0 aliphatic rings. The van der Waals surface area contributed by atoms with Crippen molar-refractivity contribution in [2.75, 3.05) is 6.54 Å². The van der Waals surface area contributed by atoms with Crippen LogP contribution in [-0.2, 0) is 0 Å². The molecule has 0 amide bonds. The Balaban J connectivity index is 2.34. The lowest BCUT2D eigenvalue weighted by molar-refractivity contribution is 0.351. The Kier molecular flexibility index (Phi) is 4.08. The van der Waals surface area contributed by atoms with Gasteiger partial charge in [0.05, 0.1) is 5.92 Å². The van der Waals surface area contributed by atoms with Crippen LogP contribution < -0.4 is 5.73 Å². The maximum atomic E-state index is 13.0. The van der Waals surface area contributed by atoms with Gasteiger partial charge in [0, 0.05) is 16.6 Å². The normalized spacial score (nSPS) is 12.7. The van der Waals surface area contributed by atoms with Gasteiger partial charge < -0.3 is 10.3 Å². The van der Waals surface area contributed by atoms with Gasteiger partial charge in [-0.25, -0.2) is 4.39 Å². The summed E-state index contributed by atoms with van der Waals surface area (Å²) in [6.07, 6.45) is 0.836. The number of nitrogens with two attached hydrogens (primary N) is 1. The highest BCUT2D eigenvalue weighted by Crippen LogP contribution is 2.28. The molecule has 18 heavy (non-hydrogen) atoms. The zero-order valence-electron chi connectivity index (χ0n) is 9.86. The molecule has 0 saturated heterocycles. The summed E-state index contributed by atoms with van der Waals surface area (Å²) in [6.45, 7) is 2.47. The third-order valence-corrected chi connectivity index (χ3v) is 3.40. The minimum atomic E-state index is -0.317. The Labute approximate surface area is 113 Å². The fourth-order valence-electron chi connectivity index (χ4n) is 1.62. The molecular weight excluding hydrogens is 301 g/mol. The number of benzene rings is 1. The molecule has 0 spiro atoms. The second-order valence-electron chi connectivity index (χ2n) is 3.92. The molecular formula is C12H13BrFN3O. The van der Waals surface area contributed by atoms with Crippen LogP contribution in [0, 0.1) is 5.82 Å². The molecule has 6 heteroatoms. The van der Waals surface area contributed by atoms with E-state index in [-0.39, 0.29) is 11.7 Å². The summed E-state index contributed by atoms with van der Waals surface area (Å²) in [4.78, 5) is 4.30. The third-order valence-electron chi connectivity index (χ3n) is 2.74. The van der Waals surface area contributed by atoms with Gasteiger partial charge in [0.15, 0.2) is 0 Å². The predicted octanol–water partition coefficient (Wildman–Crippen LogP) is 3.09. The van der Waals surface area contributed by atoms with Crippen LogP contribution in [-0.4, -0.2) is 16.7 Å². The smallest absolute Gasteiger partial charge is 0.231 e. The van der Waals surface area contributed by atoms with Crippen molar-refractivity contribution in [3.8, 4) is 11.4 Å². The SMILES string of the molecule is CCC(CN)c1nc(-c2ccc(F)cc2Br)no1. The number of hydrogen-bond donors (Lipinski definition) is 1. The molecule has 0 radical (unpaired) electrons. The van der Waals surface area contributed by atoms with Crippen molar-refractivity contribution in [2.24, 2.45) is 5.73 Å². The largest absolute Gasteiger partial charge is 0.339 e. The van der Waals surface area contributed by atoms with Crippen molar-refractivity contribution in [2.45, 2.75) is 19.3 Å². The zero-order valence-corrected chi connectivity index (χ0v) is 11.4. The van der Waals surface area contributed by atoms with Crippen LogP contribution in [0.4, 0.5) is 4.39 Å². The van der Waals surface area contributed by atoms with Crippen molar-refractivity contribution >= 4 is 15.9 Å². The molecule has 96 valence electrons. The Morgan fingerprint density at radius 2 is 2.28 bits per heavy atom. The van der Waals surface area contributed by atoms with E-state index in [1.807, 2.05) is 6.92 Å². The minimum absolute atomic E-state index is 0.0606. The van der Waals surface area contributed by atoms with Gasteiger partial charge in [-0.2, -0.15) is 4.98 Å². The van der Waals surface area contributed by atoms with Gasteiger partial charge in [0.2, 0.25) is 11.7 Å². The van der Waals surface area contributed by atoms with Crippen LogP contribution in [0.3, 0.4) is 0 Å². The summed E-state index contributed by atoms with van der Waals surface area (Å²) < 4.78 is 18.8. The first kappa shape index (κ1) is 13.2. The number of rotatable bonds is 4. The minimum Gasteiger partial charge on any atom is -0.339 e. The van der Waals surface area contributed by atoms with Crippen LogP contribution in [0.15, 0.2) is 27.2 Å². The molecule has 0 aliphatic heterocycles. The topological polar surface area (TPSA) is 64.9 Å². The molecule has 0 bridgehead atoms. The number of hydrogen-bond acceptors (Lipinski definition) is 4. The van der Waals surface area contributed by atoms with Gasteiger partial charge in [0.25, 0.3) is 0 Å². The summed E-state index contributed by atoms with van der Waals surface area (Å²) in [7, 11) is 0. The van der Waals surface area contributed by atoms with Gasteiger partial charge in [-0.15, -0.1) is 0 Å². The second kappa shape index (κ2) is 5.58.